The molecule has 2 N–H and O–H groups in total. The molecule has 0 unspecified atom stereocenters. The number of aromatic hydroxyl groups is 1. The second-order valence-electron chi connectivity index (χ2n) is 6.93. The molecule has 0 amide bonds. The summed E-state index contributed by atoms with van der Waals surface area (Å²) in [6.07, 6.45) is 1.42. The minimum absolute atomic E-state index is 0.157. The summed E-state index contributed by atoms with van der Waals surface area (Å²) in [5.74, 6) is 0.436. The predicted octanol–water partition coefficient (Wildman–Crippen LogP) is 6.05. The van der Waals surface area contributed by atoms with Crippen molar-refractivity contribution in [3.63, 3.8) is 0 Å². The van der Waals surface area contributed by atoms with E-state index < -0.39 is 11.6 Å². The average Bonchev–Trinajstić information content (AvgIpc) is 2.59. The molecule has 0 atom stereocenters. The van der Waals surface area contributed by atoms with Crippen LogP contribution < -0.4 is 4.74 Å². The number of nitrogens with zero attached hydrogens (tertiary/aromatic N) is 1. The third-order valence-corrected chi connectivity index (χ3v) is 5.04. The lowest BCUT2D eigenvalue weighted by atomic mass is 10.0. The number of hydrogen-bond donors (Lipinski definition) is 2. The number of hydrogen-bond acceptors (Lipinski definition) is 5. The highest BCUT2D eigenvalue weighted by molar-refractivity contribution is 9.11. The number of ether oxygens (including phenoxy) is 1. The topological polar surface area (TPSA) is 88.4 Å². The fourth-order valence-corrected chi connectivity index (χ4v) is 3.57. The van der Waals surface area contributed by atoms with Crippen molar-refractivity contribution < 1.29 is 24.6 Å². The number of phenolic OH excluding ortho intramolecular Hbond substituents is 1. The van der Waals surface area contributed by atoms with Crippen molar-refractivity contribution >= 4 is 44.0 Å². The highest BCUT2D eigenvalue weighted by atomic mass is 79.9. The van der Waals surface area contributed by atoms with Crippen LogP contribution in [-0.4, -0.2) is 28.0 Å². The molecule has 0 fully saturated rings. The average molecular weight is 515 g/mol. The van der Waals surface area contributed by atoms with Crippen LogP contribution in [0.2, 0.25) is 0 Å². The molecule has 0 spiro atoms. The van der Waals surface area contributed by atoms with Gasteiger partial charge in [0.2, 0.25) is 5.60 Å². The van der Waals surface area contributed by atoms with E-state index in [1.165, 1.54) is 20.1 Å². The molecule has 8 heteroatoms. The Hall–Kier alpha value is -2.06. The number of carboxylic acid groups (broad SMARTS) is 1. The number of carbonyl (C=O) groups is 1. The van der Waals surface area contributed by atoms with E-state index in [2.05, 4.69) is 37.0 Å². The summed E-state index contributed by atoms with van der Waals surface area (Å²) in [5, 5.41) is 22.7. The van der Waals surface area contributed by atoms with Gasteiger partial charge in [-0.3, -0.25) is 0 Å². The van der Waals surface area contributed by atoms with E-state index in [4.69, 9.17) is 14.7 Å². The summed E-state index contributed by atoms with van der Waals surface area (Å²) in [6, 6.07) is 8.64. The summed E-state index contributed by atoms with van der Waals surface area (Å²) in [5.41, 5.74) is 0.0636. The van der Waals surface area contributed by atoms with Crippen LogP contribution in [0.15, 0.2) is 44.4 Å². The first-order valence-corrected chi connectivity index (χ1v) is 10.0. The van der Waals surface area contributed by atoms with Gasteiger partial charge < -0.3 is 19.8 Å². The van der Waals surface area contributed by atoms with Crippen molar-refractivity contribution in [2.24, 2.45) is 5.16 Å². The number of aliphatic carboxylic acids is 1. The fraction of sp³-hybridized carbons (Fsp3) is 0.300. The Morgan fingerprint density at radius 3 is 2.32 bits per heavy atom. The molecular weight excluding hydrogens is 494 g/mol. The zero-order valence-corrected chi connectivity index (χ0v) is 19.0. The molecule has 0 aliphatic carbocycles. The van der Waals surface area contributed by atoms with Crippen LogP contribution >= 0.6 is 31.9 Å². The minimum Gasteiger partial charge on any atom is -0.508 e. The number of oxime groups is 1. The first kappa shape index (κ1) is 22.2. The third-order valence-electron chi connectivity index (χ3n) is 3.86. The molecule has 2 rings (SSSR count). The van der Waals surface area contributed by atoms with Crippen LogP contribution in [0.25, 0.3) is 0 Å². The Balaban J connectivity index is 2.23. The molecule has 0 saturated carbocycles. The lowest BCUT2D eigenvalue weighted by molar-refractivity contribution is -0.161. The molecule has 0 heterocycles. The Labute approximate surface area is 180 Å². The molecule has 2 aromatic rings. The van der Waals surface area contributed by atoms with E-state index in [0.717, 1.165) is 5.56 Å². The van der Waals surface area contributed by atoms with Gasteiger partial charge in [0.25, 0.3) is 0 Å². The lowest BCUT2D eigenvalue weighted by Crippen LogP contribution is -2.32. The van der Waals surface area contributed by atoms with Gasteiger partial charge in [-0.25, -0.2) is 4.79 Å². The summed E-state index contributed by atoms with van der Waals surface area (Å²) >= 11 is 6.94. The standard InChI is InChI=1S/C20H21Br2NO5/c1-11(2)14-9-13(5-6-17(14)24)27-18-15(21)7-12(8-16(18)22)10-23-28-20(3,4)19(25)26/h5-11,24H,1-4H3,(H,25,26)/b23-10-. The van der Waals surface area contributed by atoms with Crippen LogP contribution in [0, 0.1) is 0 Å². The van der Waals surface area contributed by atoms with Crippen LogP contribution in [0.5, 0.6) is 17.2 Å². The van der Waals surface area contributed by atoms with Gasteiger partial charge in [0.05, 0.1) is 15.2 Å². The molecule has 28 heavy (non-hydrogen) atoms. The Morgan fingerprint density at radius 2 is 1.79 bits per heavy atom. The Bertz CT molecular complexity index is 886. The number of benzene rings is 2. The van der Waals surface area contributed by atoms with Gasteiger partial charge in [0.1, 0.15) is 11.5 Å². The molecular formula is C20H21Br2NO5. The molecule has 0 aliphatic heterocycles. The molecule has 6 nitrogen and oxygen atoms in total. The maximum Gasteiger partial charge on any atom is 0.350 e. The van der Waals surface area contributed by atoms with Crippen molar-refractivity contribution in [1.29, 1.82) is 0 Å². The highest BCUT2D eigenvalue weighted by Gasteiger charge is 2.29. The molecule has 0 radical (unpaired) electrons. The van der Waals surface area contributed by atoms with Gasteiger partial charge in [0, 0.05) is 5.56 Å². The van der Waals surface area contributed by atoms with E-state index in [1.807, 2.05) is 13.8 Å². The summed E-state index contributed by atoms with van der Waals surface area (Å²) in [6.45, 7) is 6.82. The molecule has 0 saturated heterocycles. The summed E-state index contributed by atoms with van der Waals surface area (Å²) in [7, 11) is 0. The molecule has 0 aromatic heterocycles. The van der Waals surface area contributed by atoms with Gasteiger partial charge >= 0.3 is 5.97 Å². The molecule has 150 valence electrons. The van der Waals surface area contributed by atoms with Crippen molar-refractivity contribution in [1.82, 2.24) is 0 Å². The van der Waals surface area contributed by atoms with Gasteiger partial charge in [-0.1, -0.05) is 19.0 Å². The van der Waals surface area contributed by atoms with E-state index in [9.17, 15) is 9.90 Å². The number of rotatable bonds is 7. The molecule has 0 aliphatic rings. The van der Waals surface area contributed by atoms with Crippen LogP contribution in [0.4, 0.5) is 0 Å². The monoisotopic (exact) mass is 513 g/mol. The molecule has 0 bridgehead atoms. The fourth-order valence-electron chi connectivity index (χ4n) is 2.19. The highest BCUT2D eigenvalue weighted by Crippen LogP contribution is 2.39. The van der Waals surface area contributed by atoms with E-state index >= 15 is 0 Å². The second kappa shape index (κ2) is 8.96. The first-order valence-electron chi connectivity index (χ1n) is 8.46. The summed E-state index contributed by atoms with van der Waals surface area (Å²) in [4.78, 5) is 16.1. The summed E-state index contributed by atoms with van der Waals surface area (Å²) < 4.78 is 7.31. The Kier molecular flexibility index (Phi) is 7.11. The van der Waals surface area contributed by atoms with Gasteiger partial charge in [-0.15, -0.1) is 0 Å². The largest absolute Gasteiger partial charge is 0.508 e. The van der Waals surface area contributed by atoms with Crippen LogP contribution in [0.3, 0.4) is 0 Å². The van der Waals surface area contributed by atoms with Crippen LogP contribution in [-0.2, 0) is 9.63 Å². The zero-order valence-electron chi connectivity index (χ0n) is 15.9. The lowest BCUT2D eigenvalue weighted by Gasteiger charge is -2.16. The number of halogens is 2. The second-order valence-corrected chi connectivity index (χ2v) is 8.64. The van der Waals surface area contributed by atoms with E-state index in [1.54, 1.807) is 30.3 Å². The minimum atomic E-state index is -1.42. The van der Waals surface area contributed by atoms with Gasteiger partial charge in [0.15, 0.2) is 5.75 Å². The maximum atomic E-state index is 11.0. The number of carboxylic acids is 1. The normalized spacial score (nSPS) is 11.8. The quantitative estimate of drug-likeness (QED) is 0.347. The van der Waals surface area contributed by atoms with Gasteiger partial charge in [-0.05, 0) is 87.5 Å². The van der Waals surface area contributed by atoms with Crippen molar-refractivity contribution in [3.05, 3.63) is 50.4 Å². The molecule has 2 aromatic carbocycles. The predicted molar refractivity (Wildman–Crippen MR) is 115 cm³/mol. The first-order chi connectivity index (χ1) is 13.0. The third kappa shape index (κ3) is 5.48. The zero-order chi connectivity index (χ0) is 21.1. The Morgan fingerprint density at radius 1 is 1.18 bits per heavy atom. The van der Waals surface area contributed by atoms with Crippen molar-refractivity contribution in [2.45, 2.75) is 39.2 Å². The van der Waals surface area contributed by atoms with Gasteiger partial charge in [-0.2, -0.15) is 0 Å². The maximum absolute atomic E-state index is 11.0. The van der Waals surface area contributed by atoms with Crippen molar-refractivity contribution in [3.8, 4) is 17.2 Å². The van der Waals surface area contributed by atoms with Crippen molar-refractivity contribution in [2.75, 3.05) is 0 Å². The number of phenols is 1. The van der Waals surface area contributed by atoms with Crippen LogP contribution in [0.1, 0.15) is 44.7 Å². The van der Waals surface area contributed by atoms with E-state index in [-0.39, 0.29) is 11.7 Å². The smallest absolute Gasteiger partial charge is 0.350 e. The SMILES string of the molecule is CC(C)c1cc(Oc2c(Br)cc(/C=N\OC(C)(C)C(=O)O)cc2Br)ccc1O. The van der Waals surface area contributed by atoms with E-state index in [0.29, 0.717) is 26.0 Å².